The van der Waals surface area contributed by atoms with Crippen molar-refractivity contribution in [2.75, 3.05) is 31.7 Å². The lowest BCUT2D eigenvalue weighted by Crippen LogP contribution is -2.36. The van der Waals surface area contributed by atoms with Crippen LogP contribution in [0.3, 0.4) is 0 Å². The molecule has 3 fully saturated rings. The molecule has 1 amide bonds. The van der Waals surface area contributed by atoms with Crippen LogP contribution < -0.4 is 10.7 Å². The Morgan fingerprint density at radius 1 is 1.31 bits per heavy atom. The number of carbonyl (C=O) groups excluding carboxylic acids is 1. The number of aliphatic imine (C=N–C) groups is 1. The number of ether oxygens (including phenoxy) is 2. The predicted octanol–water partition coefficient (Wildman–Crippen LogP) is 2.90. The summed E-state index contributed by atoms with van der Waals surface area (Å²) in [5, 5.41) is 3.67. The Morgan fingerprint density at radius 3 is 2.69 bits per heavy atom. The number of amides is 1. The Labute approximate surface area is 190 Å². The molecule has 32 heavy (non-hydrogen) atoms. The minimum atomic E-state index is -0.384. The highest BCUT2D eigenvalue weighted by Gasteiger charge is 2.46. The zero-order valence-corrected chi connectivity index (χ0v) is 19.0. The SMILES string of the molecule is CCCc1cc(C#CC2CC2)ccc1N(C)C(=O)/C(C=NCC1OCC2(CC2)CO1)=N/N. The molecular weight excluding hydrogens is 404 g/mol. The highest BCUT2D eigenvalue weighted by atomic mass is 16.7. The van der Waals surface area contributed by atoms with Crippen LogP contribution in [0.15, 0.2) is 28.3 Å². The zero-order chi connectivity index (χ0) is 22.6. The van der Waals surface area contributed by atoms with Gasteiger partial charge in [0.15, 0.2) is 12.0 Å². The summed E-state index contributed by atoms with van der Waals surface area (Å²) in [6.07, 6.45) is 7.58. The number of hydrogen-bond acceptors (Lipinski definition) is 6. The molecule has 7 nitrogen and oxygen atoms in total. The molecule has 3 aliphatic rings. The van der Waals surface area contributed by atoms with Gasteiger partial charge in [0.2, 0.25) is 0 Å². The lowest BCUT2D eigenvalue weighted by Gasteiger charge is -2.28. The number of hydrogen-bond donors (Lipinski definition) is 1. The number of anilines is 1. The van der Waals surface area contributed by atoms with Gasteiger partial charge in [-0.1, -0.05) is 25.2 Å². The first-order valence-electron chi connectivity index (χ1n) is 11.5. The summed E-state index contributed by atoms with van der Waals surface area (Å²) in [6.45, 7) is 3.86. The molecule has 0 aromatic heterocycles. The van der Waals surface area contributed by atoms with Gasteiger partial charge in [0.25, 0.3) is 5.91 Å². The molecule has 0 bridgehead atoms. The number of carbonyl (C=O) groups is 1. The molecule has 2 N–H and O–H groups in total. The summed E-state index contributed by atoms with van der Waals surface area (Å²) in [7, 11) is 1.73. The number of aryl methyl sites for hydroxylation is 1. The smallest absolute Gasteiger partial charge is 0.280 e. The molecule has 1 aromatic rings. The van der Waals surface area contributed by atoms with Crippen LogP contribution in [0.2, 0.25) is 0 Å². The number of rotatable bonds is 7. The van der Waals surface area contributed by atoms with Gasteiger partial charge in [0, 0.05) is 29.6 Å². The molecule has 1 aliphatic heterocycles. The van der Waals surface area contributed by atoms with Crippen LogP contribution in [0.25, 0.3) is 0 Å². The molecular formula is C25H32N4O3. The highest BCUT2D eigenvalue weighted by molar-refractivity contribution is 6.63. The van der Waals surface area contributed by atoms with Gasteiger partial charge in [-0.3, -0.25) is 9.79 Å². The summed E-state index contributed by atoms with van der Waals surface area (Å²) in [5.41, 5.74) is 3.23. The van der Waals surface area contributed by atoms with Crippen LogP contribution in [0, 0.1) is 23.2 Å². The van der Waals surface area contributed by atoms with Crippen molar-refractivity contribution in [2.45, 2.75) is 51.7 Å². The monoisotopic (exact) mass is 436 g/mol. The summed E-state index contributed by atoms with van der Waals surface area (Å²) in [5.74, 6) is 12.3. The van der Waals surface area contributed by atoms with Crippen LogP contribution in [0.1, 0.15) is 50.2 Å². The van der Waals surface area contributed by atoms with E-state index in [0.29, 0.717) is 25.7 Å². The highest BCUT2D eigenvalue weighted by Crippen LogP contribution is 2.48. The number of nitrogens with zero attached hydrogens (tertiary/aromatic N) is 3. The molecule has 1 heterocycles. The molecule has 4 rings (SSSR count). The second kappa shape index (κ2) is 9.85. The van der Waals surface area contributed by atoms with Crippen molar-refractivity contribution in [3.05, 3.63) is 29.3 Å². The average Bonchev–Trinajstić information content (AvgIpc) is 3.74. The molecule has 2 aliphatic carbocycles. The van der Waals surface area contributed by atoms with E-state index < -0.39 is 0 Å². The molecule has 0 atom stereocenters. The minimum Gasteiger partial charge on any atom is -0.350 e. The van der Waals surface area contributed by atoms with Gasteiger partial charge in [0.05, 0.1) is 26.0 Å². The molecule has 1 aromatic carbocycles. The van der Waals surface area contributed by atoms with E-state index in [-0.39, 0.29) is 23.3 Å². The first kappa shape index (κ1) is 22.5. The van der Waals surface area contributed by atoms with Gasteiger partial charge in [-0.05, 0) is 55.9 Å². The molecule has 170 valence electrons. The van der Waals surface area contributed by atoms with Crippen LogP contribution in [-0.4, -0.2) is 50.9 Å². The summed E-state index contributed by atoms with van der Waals surface area (Å²) >= 11 is 0. The van der Waals surface area contributed by atoms with Crippen molar-refractivity contribution < 1.29 is 14.3 Å². The van der Waals surface area contributed by atoms with E-state index >= 15 is 0 Å². The number of hydrazone groups is 1. The molecule has 1 spiro atoms. The van der Waals surface area contributed by atoms with Crippen LogP contribution >= 0.6 is 0 Å². The lowest BCUT2D eigenvalue weighted by molar-refractivity contribution is -0.201. The Hall–Kier alpha value is -2.69. The third-order valence-corrected chi connectivity index (χ3v) is 6.20. The summed E-state index contributed by atoms with van der Waals surface area (Å²) in [6, 6.07) is 5.99. The second-order valence-corrected chi connectivity index (χ2v) is 9.06. The van der Waals surface area contributed by atoms with E-state index in [1.54, 1.807) is 11.9 Å². The number of nitrogens with two attached hydrogens (primary N) is 1. The normalized spacial score (nSPS) is 20.2. The van der Waals surface area contributed by atoms with E-state index in [0.717, 1.165) is 29.7 Å². The average molecular weight is 437 g/mol. The van der Waals surface area contributed by atoms with Crippen molar-refractivity contribution in [3.8, 4) is 11.8 Å². The van der Waals surface area contributed by atoms with E-state index in [1.165, 1.54) is 31.9 Å². The maximum atomic E-state index is 13.0. The first-order valence-corrected chi connectivity index (χ1v) is 11.5. The van der Waals surface area contributed by atoms with Crippen molar-refractivity contribution >= 4 is 23.5 Å². The second-order valence-electron chi connectivity index (χ2n) is 9.06. The fraction of sp³-hybridized carbons (Fsp3) is 0.560. The van der Waals surface area contributed by atoms with Crippen LogP contribution in [-0.2, 0) is 20.7 Å². The third kappa shape index (κ3) is 5.56. The van der Waals surface area contributed by atoms with E-state index in [4.69, 9.17) is 15.3 Å². The molecule has 7 heteroatoms. The van der Waals surface area contributed by atoms with Gasteiger partial charge < -0.3 is 20.2 Å². The summed E-state index contributed by atoms with van der Waals surface area (Å²) < 4.78 is 11.5. The molecule has 2 saturated carbocycles. The number of benzene rings is 1. The first-order chi connectivity index (χ1) is 15.5. The van der Waals surface area contributed by atoms with E-state index in [2.05, 4.69) is 34.9 Å². The van der Waals surface area contributed by atoms with Crippen molar-refractivity contribution in [2.24, 2.45) is 27.3 Å². The maximum absolute atomic E-state index is 13.0. The fourth-order valence-electron chi connectivity index (χ4n) is 3.72. The quantitative estimate of drug-likeness (QED) is 0.308. The predicted molar refractivity (Wildman–Crippen MR) is 126 cm³/mol. The molecule has 0 unspecified atom stereocenters. The van der Waals surface area contributed by atoms with Gasteiger partial charge in [-0.25, -0.2) is 0 Å². The molecule has 1 saturated heterocycles. The van der Waals surface area contributed by atoms with Crippen LogP contribution in [0.5, 0.6) is 0 Å². The van der Waals surface area contributed by atoms with Crippen molar-refractivity contribution in [1.82, 2.24) is 0 Å². The van der Waals surface area contributed by atoms with Crippen molar-refractivity contribution in [3.63, 3.8) is 0 Å². The Kier molecular flexibility index (Phi) is 6.92. The van der Waals surface area contributed by atoms with E-state index in [9.17, 15) is 4.79 Å². The maximum Gasteiger partial charge on any atom is 0.280 e. The lowest BCUT2D eigenvalue weighted by atomic mass is 10.0. The van der Waals surface area contributed by atoms with Gasteiger partial charge in [0.1, 0.15) is 0 Å². The largest absolute Gasteiger partial charge is 0.350 e. The summed E-state index contributed by atoms with van der Waals surface area (Å²) in [4.78, 5) is 18.9. The topological polar surface area (TPSA) is 89.5 Å². The van der Waals surface area contributed by atoms with Gasteiger partial charge >= 0.3 is 0 Å². The van der Waals surface area contributed by atoms with Gasteiger partial charge in [-0.15, -0.1) is 0 Å². The Balaban J connectivity index is 1.39. The standard InChI is InChI=1S/C25H32N4O3/c1-3-4-20-13-19(8-7-18-5-6-18)9-10-22(20)29(2)24(30)21(28-26)14-27-15-23-31-16-25(11-12-25)17-32-23/h9-10,13-14,18,23H,3-6,11-12,15-17,26H2,1-2H3/b27-14?,28-21+. The van der Waals surface area contributed by atoms with E-state index in [1.807, 2.05) is 12.1 Å². The molecule has 0 radical (unpaired) electrons. The Bertz CT molecular complexity index is 957. The zero-order valence-electron chi connectivity index (χ0n) is 19.0. The van der Waals surface area contributed by atoms with Crippen LogP contribution in [0.4, 0.5) is 5.69 Å². The fourth-order valence-corrected chi connectivity index (χ4v) is 3.72. The minimum absolute atomic E-state index is 0.0852. The van der Waals surface area contributed by atoms with Gasteiger partial charge in [-0.2, -0.15) is 5.10 Å². The Morgan fingerprint density at radius 2 is 2.06 bits per heavy atom. The van der Waals surface area contributed by atoms with Crippen molar-refractivity contribution in [1.29, 1.82) is 0 Å². The third-order valence-electron chi connectivity index (χ3n) is 6.20.